The molecule has 1 aromatic carbocycles. The second-order valence-corrected chi connectivity index (χ2v) is 6.01. The molecule has 6 heteroatoms. The molecular weight excluding hydrogens is 334 g/mol. The van der Waals surface area contributed by atoms with E-state index < -0.39 is 0 Å². The number of amides is 1. The van der Waals surface area contributed by atoms with Gasteiger partial charge in [-0.3, -0.25) is 4.79 Å². The Morgan fingerprint density at radius 3 is 3.05 bits per heavy atom. The number of hydrogen-bond donors (Lipinski definition) is 2. The van der Waals surface area contributed by atoms with Crippen molar-refractivity contribution in [3.63, 3.8) is 0 Å². The standard InChI is InChI=1S/C15H22BrN3O2/c1-2-3-18-15(20)14-10-21-5-4-19(14)13-7-11(9-17)6-12(16)8-13/h6-8,14H,2-5,9-10,17H2,1H3,(H,18,20). The summed E-state index contributed by atoms with van der Waals surface area (Å²) in [7, 11) is 0. The number of morpholine rings is 1. The van der Waals surface area contributed by atoms with Crippen molar-refractivity contribution in [2.75, 3.05) is 31.2 Å². The Labute approximate surface area is 134 Å². The molecule has 0 bridgehead atoms. The first kappa shape index (κ1) is 16.3. The normalized spacial score (nSPS) is 18.6. The Morgan fingerprint density at radius 1 is 1.52 bits per heavy atom. The fraction of sp³-hybridized carbons (Fsp3) is 0.533. The van der Waals surface area contributed by atoms with E-state index in [2.05, 4.69) is 26.1 Å². The summed E-state index contributed by atoms with van der Waals surface area (Å²) in [4.78, 5) is 14.4. The minimum Gasteiger partial charge on any atom is -0.377 e. The summed E-state index contributed by atoms with van der Waals surface area (Å²) in [5.74, 6) is 0.0193. The summed E-state index contributed by atoms with van der Waals surface area (Å²) in [5, 5.41) is 2.95. The molecule has 5 nitrogen and oxygen atoms in total. The molecule has 116 valence electrons. The van der Waals surface area contributed by atoms with Crippen molar-refractivity contribution in [2.45, 2.75) is 25.9 Å². The molecule has 1 unspecified atom stereocenters. The monoisotopic (exact) mass is 355 g/mol. The Balaban J connectivity index is 2.21. The molecule has 1 fully saturated rings. The SMILES string of the molecule is CCCNC(=O)C1COCCN1c1cc(Br)cc(CN)c1. The van der Waals surface area contributed by atoms with Gasteiger partial charge in [-0.2, -0.15) is 0 Å². The first-order valence-corrected chi connectivity index (χ1v) is 8.06. The minimum atomic E-state index is -0.287. The Bertz CT molecular complexity index is 496. The van der Waals surface area contributed by atoms with Crippen molar-refractivity contribution in [1.82, 2.24) is 5.32 Å². The van der Waals surface area contributed by atoms with Gasteiger partial charge in [0.25, 0.3) is 0 Å². The summed E-state index contributed by atoms with van der Waals surface area (Å²) in [6, 6.07) is 5.77. The quantitative estimate of drug-likeness (QED) is 0.842. The van der Waals surface area contributed by atoms with Crippen LogP contribution in [0.1, 0.15) is 18.9 Å². The highest BCUT2D eigenvalue weighted by Gasteiger charge is 2.29. The molecule has 0 aliphatic carbocycles. The van der Waals surface area contributed by atoms with E-state index in [0.717, 1.165) is 22.1 Å². The molecule has 3 N–H and O–H groups in total. The predicted molar refractivity (Wildman–Crippen MR) is 87.3 cm³/mol. The van der Waals surface area contributed by atoms with Crippen LogP contribution < -0.4 is 16.0 Å². The molecule has 1 aliphatic heterocycles. The van der Waals surface area contributed by atoms with Crippen LogP contribution >= 0.6 is 15.9 Å². The smallest absolute Gasteiger partial charge is 0.245 e. The second kappa shape index (κ2) is 7.77. The first-order valence-electron chi connectivity index (χ1n) is 7.27. The second-order valence-electron chi connectivity index (χ2n) is 5.10. The van der Waals surface area contributed by atoms with Gasteiger partial charge in [0.05, 0.1) is 13.2 Å². The lowest BCUT2D eigenvalue weighted by Crippen LogP contribution is -2.54. The van der Waals surface area contributed by atoms with E-state index in [0.29, 0.717) is 32.8 Å². The number of rotatable bonds is 5. The van der Waals surface area contributed by atoms with Crippen molar-refractivity contribution < 1.29 is 9.53 Å². The average Bonchev–Trinajstić information content (AvgIpc) is 2.51. The van der Waals surface area contributed by atoms with Crippen LogP contribution in [0.15, 0.2) is 22.7 Å². The Kier molecular flexibility index (Phi) is 6.02. The number of hydrogen-bond acceptors (Lipinski definition) is 4. The molecule has 1 aliphatic rings. The maximum absolute atomic E-state index is 12.3. The lowest BCUT2D eigenvalue weighted by atomic mass is 10.1. The molecule has 1 atom stereocenters. The van der Waals surface area contributed by atoms with Gasteiger partial charge in [0.15, 0.2) is 0 Å². The summed E-state index contributed by atoms with van der Waals surface area (Å²) in [6.07, 6.45) is 0.924. The van der Waals surface area contributed by atoms with Crippen molar-refractivity contribution in [3.8, 4) is 0 Å². The van der Waals surface area contributed by atoms with E-state index in [9.17, 15) is 4.79 Å². The van der Waals surface area contributed by atoms with E-state index in [1.807, 2.05) is 25.1 Å². The fourth-order valence-corrected chi connectivity index (χ4v) is 2.94. The van der Waals surface area contributed by atoms with Crippen molar-refractivity contribution in [2.24, 2.45) is 5.73 Å². The highest BCUT2D eigenvalue weighted by Crippen LogP contribution is 2.26. The van der Waals surface area contributed by atoms with Crippen LogP contribution in [0.4, 0.5) is 5.69 Å². The van der Waals surface area contributed by atoms with Crippen LogP contribution in [-0.2, 0) is 16.1 Å². The van der Waals surface area contributed by atoms with Crippen molar-refractivity contribution in [3.05, 3.63) is 28.2 Å². The molecule has 0 saturated carbocycles. The van der Waals surface area contributed by atoms with E-state index in [4.69, 9.17) is 10.5 Å². The minimum absolute atomic E-state index is 0.0193. The molecule has 0 aromatic heterocycles. The van der Waals surface area contributed by atoms with Crippen LogP contribution in [-0.4, -0.2) is 38.3 Å². The number of anilines is 1. The average molecular weight is 356 g/mol. The van der Waals surface area contributed by atoms with Crippen LogP contribution in [0.3, 0.4) is 0 Å². The Morgan fingerprint density at radius 2 is 2.33 bits per heavy atom. The topological polar surface area (TPSA) is 67.6 Å². The molecule has 1 heterocycles. The third-order valence-corrected chi connectivity index (χ3v) is 3.95. The van der Waals surface area contributed by atoms with Crippen LogP contribution in [0, 0.1) is 0 Å². The summed E-state index contributed by atoms with van der Waals surface area (Å²) < 4.78 is 6.45. The molecule has 21 heavy (non-hydrogen) atoms. The van der Waals surface area contributed by atoms with Gasteiger partial charge < -0.3 is 20.7 Å². The molecule has 2 rings (SSSR count). The number of carbonyl (C=O) groups excluding carboxylic acids is 1. The lowest BCUT2D eigenvalue weighted by molar-refractivity contribution is -0.124. The molecule has 1 saturated heterocycles. The van der Waals surface area contributed by atoms with Crippen molar-refractivity contribution >= 4 is 27.5 Å². The summed E-state index contributed by atoms with van der Waals surface area (Å²) in [5.41, 5.74) is 7.78. The number of ether oxygens (including phenoxy) is 1. The largest absolute Gasteiger partial charge is 0.377 e. The van der Waals surface area contributed by atoms with E-state index >= 15 is 0 Å². The maximum atomic E-state index is 12.3. The van der Waals surface area contributed by atoms with E-state index in [1.165, 1.54) is 0 Å². The van der Waals surface area contributed by atoms with Gasteiger partial charge in [-0.1, -0.05) is 22.9 Å². The van der Waals surface area contributed by atoms with Gasteiger partial charge in [-0.15, -0.1) is 0 Å². The zero-order valence-corrected chi connectivity index (χ0v) is 13.9. The number of halogens is 1. The zero-order chi connectivity index (χ0) is 15.2. The number of benzene rings is 1. The maximum Gasteiger partial charge on any atom is 0.245 e. The predicted octanol–water partition coefficient (Wildman–Crippen LogP) is 1.64. The first-order chi connectivity index (χ1) is 10.2. The van der Waals surface area contributed by atoms with Gasteiger partial charge in [-0.05, 0) is 30.2 Å². The number of nitrogens with two attached hydrogens (primary N) is 1. The van der Waals surface area contributed by atoms with Crippen LogP contribution in [0.2, 0.25) is 0 Å². The van der Waals surface area contributed by atoms with Gasteiger partial charge in [0.1, 0.15) is 6.04 Å². The lowest BCUT2D eigenvalue weighted by Gasteiger charge is -2.36. The molecule has 0 spiro atoms. The molecule has 1 amide bonds. The number of carbonyl (C=O) groups is 1. The molecule has 0 radical (unpaired) electrons. The van der Waals surface area contributed by atoms with Gasteiger partial charge >= 0.3 is 0 Å². The van der Waals surface area contributed by atoms with E-state index in [1.54, 1.807) is 0 Å². The highest BCUT2D eigenvalue weighted by molar-refractivity contribution is 9.10. The third kappa shape index (κ3) is 4.18. The van der Waals surface area contributed by atoms with Crippen molar-refractivity contribution in [1.29, 1.82) is 0 Å². The van der Waals surface area contributed by atoms with Gasteiger partial charge in [0, 0.05) is 29.8 Å². The third-order valence-electron chi connectivity index (χ3n) is 3.49. The highest BCUT2D eigenvalue weighted by atomic mass is 79.9. The zero-order valence-electron chi connectivity index (χ0n) is 12.3. The summed E-state index contributed by atoms with van der Waals surface area (Å²) in [6.45, 7) is 4.95. The number of nitrogens with one attached hydrogen (secondary N) is 1. The number of nitrogens with zero attached hydrogens (tertiary/aromatic N) is 1. The van der Waals surface area contributed by atoms with Gasteiger partial charge in [0.2, 0.25) is 5.91 Å². The molecular formula is C15H22BrN3O2. The summed E-state index contributed by atoms with van der Waals surface area (Å²) >= 11 is 3.51. The molecule has 1 aromatic rings. The Hall–Kier alpha value is -1.11. The van der Waals surface area contributed by atoms with Crippen LogP contribution in [0.25, 0.3) is 0 Å². The van der Waals surface area contributed by atoms with Crippen LogP contribution in [0.5, 0.6) is 0 Å². The van der Waals surface area contributed by atoms with Gasteiger partial charge in [-0.25, -0.2) is 0 Å². The van der Waals surface area contributed by atoms with E-state index in [-0.39, 0.29) is 11.9 Å². The fourth-order valence-electron chi connectivity index (χ4n) is 2.41.